The maximum absolute atomic E-state index is 12.9. The van der Waals surface area contributed by atoms with Crippen LogP contribution in [0.5, 0.6) is 0 Å². The van der Waals surface area contributed by atoms with Gasteiger partial charge in [0.1, 0.15) is 5.82 Å². The normalized spacial score (nSPS) is 12.1. The van der Waals surface area contributed by atoms with Crippen LogP contribution in [0.25, 0.3) is 11.0 Å². The molecule has 1 aromatic heterocycles. The number of carbonyl (C=O) groups is 1. The minimum atomic E-state index is -3.69. The molecule has 0 atom stereocenters. The molecule has 8 nitrogen and oxygen atoms in total. The lowest BCUT2D eigenvalue weighted by atomic mass is 10.1. The number of hydrogen-bond acceptors (Lipinski definition) is 5. The molecule has 0 spiro atoms. The van der Waals surface area contributed by atoms with Crippen molar-refractivity contribution in [3.05, 3.63) is 23.5 Å². The van der Waals surface area contributed by atoms with Gasteiger partial charge in [-0.3, -0.25) is 9.52 Å². The summed E-state index contributed by atoms with van der Waals surface area (Å²) >= 11 is 1.73. The zero-order valence-electron chi connectivity index (χ0n) is 17.9. The molecule has 0 saturated carbocycles. The lowest BCUT2D eigenvalue weighted by Crippen LogP contribution is -2.29. The molecule has 0 saturated heterocycles. The number of aromatic nitrogens is 2. The first-order chi connectivity index (χ1) is 13.6. The molecule has 1 amide bonds. The quantitative estimate of drug-likeness (QED) is 0.552. The fourth-order valence-corrected chi connectivity index (χ4v) is 3.96. The summed E-state index contributed by atoms with van der Waals surface area (Å²) < 4.78 is 30.1. The summed E-state index contributed by atoms with van der Waals surface area (Å²) in [6.45, 7) is 4.77. The van der Waals surface area contributed by atoms with E-state index >= 15 is 0 Å². The van der Waals surface area contributed by atoms with E-state index in [1.54, 1.807) is 23.9 Å². The van der Waals surface area contributed by atoms with Crippen molar-refractivity contribution in [3.8, 4) is 0 Å². The summed E-state index contributed by atoms with van der Waals surface area (Å²) in [7, 11) is 1.09. The molecular weight excluding hydrogens is 410 g/mol. The average molecular weight is 442 g/mol. The lowest BCUT2D eigenvalue weighted by Gasteiger charge is -2.15. The number of fused-ring (bicyclic) bond motifs is 1. The standard InChI is InChI=1S/C19H31N5O3S2/c1-13(2)10-17-21-16-12-14(22-29(26,27)23(3)4)11-15(18(16)24(17)5)19(25)20-8-7-9-28-6/h11-13,22H,7-10H2,1-6H3,(H,20,25). The van der Waals surface area contributed by atoms with Gasteiger partial charge in [-0.1, -0.05) is 13.8 Å². The van der Waals surface area contributed by atoms with Crippen LogP contribution in [-0.4, -0.2) is 60.8 Å². The van der Waals surface area contributed by atoms with Gasteiger partial charge >= 0.3 is 10.2 Å². The molecule has 0 unspecified atom stereocenters. The van der Waals surface area contributed by atoms with Crippen LogP contribution in [0.1, 0.15) is 36.5 Å². The number of imidazole rings is 1. The molecule has 2 N–H and O–H groups in total. The third-order valence-corrected chi connectivity index (χ3v) is 6.59. The van der Waals surface area contributed by atoms with Crippen molar-refractivity contribution in [2.75, 3.05) is 37.4 Å². The van der Waals surface area contributed by atoms with Crippen LogP contribution in [0, 0.1) is 5.92 Å². The Balaban J connectivity index is 2.51. The molecule has 2 aromatic rings. The van der Waals surface area contributed by atoms with E-state index in [0.29, 0.717) is 34.7 Å². The number of anilines is 1. The second-order valence-electron chi connectivity index (χ2n) is 7.57. The number of hydrogen-bond donors (Lipinski definition) is 2. The van der Waals surface area contributed by atoms with E-state index in [1.165, 1.54) is 14.1 Å². The van der Waals surface area contributed by atoms with Crippen molar-refractivity contribution in [1.29, 1.82) is 0 Å². The number of benzene rings is 1. The molecule has 2 rings (SSSR count). The maximum atomic E-state index is 12.9. The SMILES string of the molecule is CSCCCNC(=O)c1cc(NS(=O)(=O)N(C)C)cc2nc(CC(C)C)n(C)c12. The summed E-state index contributed by atoms with van der Waals surface area (Å²) in [5.41, 5.74) is 2.02. The van der Waals surface area contributed by atoms with Gasteiger partial charge in [0, 0.05) is 34.1 Å². The fourth-order valence-electron chi connectivity index (χ4n) is 2.93. The minimum Gasteiger partial charge on any atom is -0.352 e. The summed E-state index contributed by atoms with van der Waals surface area (Å²) in [5, 5.41) is 2.93. The smallest absolute Gasteiger partial charge is 0.301 e. The highest BCUT2D eigenvalue weighted by atomic mass is 32.2. The van der Waals surface area contributed by atoms with Crippen molar-refractivity contribution in [1.82, 2.24) is 19.2 Å². The van der Waals surface area contributed by atoms with Crippen LogP contribution >= 0.6 is 11.8 Å². The first kappa shape index (κ1) is 23.5. The fraction of sp³-hybridized carbons (Fsp3) is 0.579. The van der Waals surface area contributed by atoms with E-state index in [4.69, 9.17) is 0 Å². The highest BCUT2D eigenvalue weighted by molar-refractivity contribution is 7.98. The van der Waals surface area contributed by atoms with Gasteiger partial charge in [0.2, 0.25) is 0 Å². The highest BCUT2D eigenvalue weighted by Gasteiger charge is 2.21. The van der Waals surface area contributed by atoms with E-state index in [9.17, 15) is 13.2 Å². The van der Waals surface area contributed by atoms with Crippen molar-refractivity contribution < 1.29 is 13.2 Å². The molecule has 1 aromatic carbocycles. The molecule has 0 radical (unpaired) electrons. The number of amides is 1. The number of carbonyl (C=O) groups excluding carboxylic acids is 1. The van der Waals surface area contributed by atoms with Gasteiger partial charge in [0.05, 0.1) is 22.3 Å². The molecule has 1 heterocycles. The van der Waals surface area contributed by atoms with Crippen molar-refractivity contribution >= 4 is 44.6 Å². The van der Waals surface area contributed by atoms with E-state index < -0.39 is 10.2 Å². The van der Waals surface area contributed by atoms with Gasteiger partial charge in [-0.25, -0.2) is 4.98 Å². The Bertz CT molecular complexity index is 968. The highest BCUT2D eigenvalue weighted by Crippen LogP contribution is 2.26. The number of nitrogens with zero attached hydrogens (tertiary/aromatic N) is 3. The van der Waals surface area contributed by atoms with Crippen LogP contribution in [0.3, 0.4) is 0 Å². The molecule has 29 heavy (non-hydrogen) atoms. The second-order valence-corrected chi connectivity index (χ2v) is 10.4. The Hall–Kier alpha value is -1.78. The monoisotopic (exact) mass is 441 g/mol. The Labute approximate surface area is 177 Å². The van der Waals surface area contributed by atoms with Gasteiger partial charge in [-0.15, -0.1) is 0 Å². The molecule has 0 bridgehead atoms. The maximum Gasteiger partial charge on any atom is 0.301 e. The molecule has 0 fully saturated rings. The van der Waals surface area contributed by atoms with E-state index in [2.05, 4.69) is 28.9 Å². The van der Waals surface area contributed by atoms with Gasteiger partial charge in [0.25, 0.3) is 5.91 Å². The predicted molar refractivity (Wildman–Crippen MR) is 121 cm³/mol. The number of rotatable bonds is 10. The van der Waals surface area contributed by atoms with Crippen LogP contribution in [-0.2, 0) is 23.7 Å². The summed E-state index contributed by atoms with van der Waals surface area (Å²) in [5.74, 6) is 1.99. The summed E-state index contributed by atoms with van der Waals surface area (Å²) in [6, 6.07) is 3.25. The van der Waals surface area contributed by atoms with Crippen LogP contribution in [0.4, 0.5) is 5.69 Å². The first-order valence-corrected chi connectivity index (χ1v) is 12.4. The van der Waals surface area contributed by atoms with E-state index in [1.807, 2.05) is 17.9 Å². The van der Waals surface area contributed by atoms with Gasteiger partial charge < -0.3 is 9.88 Å². The van der Waals surface area contributed by atoms with Crippen molar-refractivity contribution in [2.45, 2.75) is 26.7 Å². The third kappa shape index (κ3) is 5.86. The number of thioether (sulfide) groups is 1. The van der Waals surface area contributed by atoms with Gasteiger partial charge in [-0.05, 0) is 36.5 Å². The summed E-state index contributed by atoms with van der Waals surface area (Å²) in [4.78, 5) is 17.6. The molecular formula is C19H31N5O3S2. The van der Waals surface area contributed by atoms with Crippen molar-refractivity contribution in [2.24, 2.45) is 13.0 Å². The Kier molecular flexibility index (Phi) is 7.95. The largest absolute Gasteiger partial charge is 0.352 e. The molecule has 162 valence electrons. The zero-order chi connectivity index (χ0) is 21.8. The van der Waals surface area contributed by atoms with Crippen LogP contribution in [0.2, 0.25) is 0 Å². The Morgan fingerprint density at radius 2 is 2.00 bits per heavy atom. The zero-order valence-corrected chi connectivity index (χ0v) is 19.6. The molecule has 0 aliphatic carbocycles. The van der Waals surface area contributed by atoms with Gasteiger partial charge in [0.15, 0.2) is 0 Å². The van der Waals surface area contributed by atoms with Crippen molar-refractivity contribution in [3.63, 3.8) is 0 Å². The first-order valence-electron chi connectivity index (χ1n) is 9.53. The number of nitrogens with one attached hydrogen (secondary N) is 2. The van der Waals surface area contributed by atoms with Gasteiger partial charge in [-0.2, -0.15) is 24.5 Å². The Morgan fingerprint density at radius 3 is 2.59 bits per heavy atom. The lowest BCUT2D eigenvalue weighted by molar-refractivity contribution is 0.0955. The molecule has 0 aliphatic rings. The minimum absolute atomic E-state index is 0.235. The predicted octanol–water partition coefficient (Wildman–Crippen LogP) is 2.47. The summed E-state index contributed by atoms with van der Waals surface area (Å²) in [6.07, 6.45) is 3.66. The van der Waals surface area contributed by atoms with E-state index in [-0.39, 0.29) is 5.91 Å². The number of aryl methyl sites for hydroxylation is 1. The topological polar surface area (TPSA) is 96.3 Å². The van der Waals surface area contributed by atoms with E-state index in [0.717, 1.165) is 28.7 Å². The molecule has 10 heteroatoms. The Morgan fingerprint density at radius 1 is 1.31 bits per heavy atom. The average Bonchev–Trinajstić information content (AvgIpc) is 2.92. The second kappa shape index (κ2) is 9.82. The van der Waals surface area contributed by atoms with Crippen LogP contribution in [0.15, 0.2) is 12.1 Å². The van der Waals surface area contributed by atoms with Crippen LogP contribution < -0.4 is 10.0 Å². The molecule has 0 aliphatic heterocycles. The third-order valence-electron chi connectivity index (χ3n) is 4.44.